The highest BCUT2D eigenvalue weighted by atomic mass is 35.5. The average molecular weight is 360 g/mol. The van der Waals surface area contributed by atoms with E-state index in [0.29, 0.717) is 10.6 Å². The lowest BCUT2D eigenvalue weighted by molar-refractivity contribution is -0.173. The highest BCUT2D eigenvalue weighted by molar-refractivity contribution is 6.30. The normalized spacial score (nSPS) is 20.2. The van der Waals surface area contributed by atoms with Gasteiger partial charge in [-0.05, 0) is 17.7 Å². The predicted molar refractivity (Wildman–Crippen MR) is 81.4 cm³/mol. The maximum atomic E-state index is 13.4. The van der Waals surface area contributed by atoms with Crippen molar-refractivity contribution in [3.63, 3.8) is 0 Å². The minimum atomic E-state index is -4.51. The van der Waals surface area contributed by atoms with Gasteiger partial charge in [0.05, 0.1) is 12.2 Å². The number of rotatable bonds is 2. The molecule has 1 amide bonds. The maximum Gasteiger partial charge on any atom is 0.410 e. The van der Waals surface area contributed by atoms with E-state index in [1.165, 1.54) is 0 Å². The second kappa shape index (κ2) is 5.99. The fourth-order valence-electron chi connectivity index (χ4n) is 2.72. The fraction of sp³-hybridized carbons (Fsp3) is 0.286. The van der Waals surface area contributed by atoms with Crippen molar-refractivity contribution in [2.24, 2.45) is 5.84 Å². The third-order valence-corrected chi connectivity index (χ3v) is 4.14. The van der Waals surface area contributed by atoms with Crippen LogP contribution in [0.15, 0.2) is 30.5 Å². The van der Waals surface area contributed by atoms with Crippen LogP contribution in [0.3, 0.4) is 0 Å². The van der Waals surface area contributed by atoms with Crippen LogP contribution >= 0.6 is 11.6 Å². The Morgan fingerprint density at radius 1 is 1.38 bits per heavy atom. The van der Waals surface area contributed by atoms with Crippen molar-refractivity contribution in [3.8, 4) is 0 Å². The van der Waals surface area contributed by atoms with E-state index in [9.17, 15) is 18.0 Å². The number of carbonyl (C=O) groups excluding carboxylic acids is 1. The molecule has 10 heteroatoms. The van der Waals surface area contributed by atoms with Crippen molar-refractivity contribution in [2.45, 2.75) is 24.7 Å². The van der Waals surface area contributed by atoms with Gasteiger partial charge in [-0.3, -0.25) is 10.2 Å². The van der Waals surface area contributed by atoms with Gasteiger partial charge in [0.2, 0.25) is 0 Å². The first kappa shape index (κ1) is 16.6. The summed E-state index contributed by atoms with van der Waals surface area (Å²) in [4.78, 5) is 11.8. The smallest absolute Gasteiger partial charge is 0.363 e. The summed E-state index contributed by atoms with van der Waals surface area (Å²) in [6.07, 6.45) is -3.71. The molecule has 6 nitrogen and oxygen atoms in total. The molecule has 128 valence electrons. The van der Waals surface area contributed by atoms with Crippen molar-refractivity contribution in [3.05, 3.63) is 46.6 Å². The molecular formula is C14H13ClF3N5O. The Bertz CT molecular complexity index is 759. The molecule has 1 aromatic carbocycles. The number of nitrogens with zero attached hydrogens (tertiary/aromatic N) is 2. The van der Waals surface area contributed by atoms with E-state index in [-0.39, 0.29) is 17.8 Å². The first-order valence-electron chi connectivity index (χ1n) is 6.98. The van der Waals surface area contributed by atoms with E-state index < -0.39 is 24.2 Å². The number of anilines is 1. The van der Waals surface area contributed by atoms with Gasteiger partial charge in [0, 0.05) is 11.4 Å². The summed E-state index contributed by atoms with van der Waals surface area (Å²) in [5.74, 6) is 4.34. The molecule has 0 spiro atoms. The number of nitrogen functional groups attached to an aromatic ring is 1. The first-order chi connectivity index (χ1) is 11.3. The number of alkyl halides is 3. The molecule has 1 aliphatic heterocycles. The molecule has 2 heterocycles. The number of halogens is 4. The summed E-state index contributed by atoms with van der Waals surface area (Å²) in [7, 11) is 0. The Balaban J connectivity index is 2.04. The number of hydrogen-bond acceptors (Lipinski definition) is 4. The van der Waals surface area contributed by atoms with Gasteiger partial charge in [-0.25, -0.2) is 10.5 Å². The molecule has 0 bridgehead atoms. The summed E-state index contributed by atoms with van der Waals surface area (Å²) < 4.78 is 41.1. The molecule has 0 saturated heterocycles. The number of nitrogens with two attached hydrogens (primary N) is 1. The largest absolute Gasteiger partial charge is 0.410 e. The number of benzene rings is 1. The van der Waals surface area contributed by atoms with Crippen LogP contribution in [0.5, 0.6) is 0 Å². The Hall–Kier alpha value is -2.26. The van der Waals surface area contributed by atoms with Crippen molar-refractivity contribution in [1.29, 1.82) is 0 Å². The molecule has 1 aliphatic rings. The number of hydrazine groups is 1. The number of carbonyl (C=O) groups is 1. The summed E-state index contributed by atoms with van der Waals surface area (Å²) in [6.45, 7) is 0. The Kier molecular flexibility index (Phi) is 4.14. The molecule has 2 aromatic rings. The summed E-state index contributed by atoms with van der Waals surface area (Å²) >= 11 is 5.82. The first-order valence-corrected chi connectivity index (χ1v) is 7.36. The molecule has 0 saturated carbocycles. The minimum Gasteiger partial charge on any atom is -0.363 e. The Morgan fingerprint density at radius 3 is 2.62 bits per heavy atom. The highest BCUT2D eigenvalue weighted by Crippen LogP contribution is 2.44. The average Bonchev–Trinajstić information content (AvgIpc) is 2.96. The molecule has 2 atom stereocenters. The van der Waals surface area contributed by atoms with Gasteiger partial charge in [-0.15, -0.1) is 0 Å². The van der Waals surface area contributed by atoms with Crippen molar-refractivity contribution in [2.75, 3.05) is 5.32 Å². The van der Waals surface area contributed by atoms with Gasteiger partial charge in [-0.1, -0.05) is 23.7 Å². The van der Waals surface area contributed by atoms with Gasteiger partial charge in [0.25, 0.3) is 5.91 Å². The molecule has 24 heavy (non-hydrogen) atoms. The van der Waals surface area contributed by atoms with Crippen LogP contribution in [0.1, 0.15) is 34.4 Å². The van der Waals surface area contributed by atoms with E-state index in [0.717, 1.165) is 10.9 Å². The quantitative estimate of drug-likeness (QED) is 0.437. The third kappa shape index (κ3) is 2.92. The molecule has 0 fully saturated rings. The predicted octanol–water partition coefficient (Wildman–Crippen LogP) is 2.80. The molecule has 2 unspecified atom stereocenters. The van der Waals surface area contributed by atoms with Crippen molar-refractivity contribution >= 4 is 23.3 Å². The molecule has 1 aromatic heterocycles. The van der Waals surface area contributed by atoms with Crippen LogP contribution in [-0.4, -0.2) is 21.9 Å². The zero-order valence-corrected chi connectivity index (χ0v) is 12.9. The van der Waals surface area contributed by atoms with E-state index in [2.05, 4.69) is 10.4 Å². The van der Waals surface area contributed by atoms with Crippen LogP contribution in [0, 0.1) is 0 Å². The maximum absolute atomic E-state index is 13.4. The van der Waals surface area contributed by atoms with Gasteiger partial charge >= 0.3 is 6.18 Å². The molecular weight excluding hydrogens is 347 g/mol. The summed E-state index contributed by atoms with van der Waals surface area (Å²) in [5, 5.41) is 7.13. The minimum absolute atomic E-state index is 0.0218. The molecule has 0 aliphatic carbocycles. The number of hydrogen-bond donors (Lipinski definition) is 3. The summed E-state index contributed by atoms with van der Waals surface area (Å²) in [6, 6.07) is 3.97. The highest BCUT2D eigenvalue weighted by Gasteiger charge is 2.47. The van der Waals surface area contributed by atoms with E-state index in [4.69, 9.17) is 17.4 Å². The van der Waals surface area contributed by atoms with E-state index in [1.807, 2.05) is 5.43 Å². The zero-order chi connectivity index (χ0) is 17.5. The third-order valence-electron chi connectivity index (χ3n) is 3.89. The number of amides is 1. The number of fused-ring (bicyclic) bond motifs is 1. The second-order valence-corrected chi connectivity index (χ2v) is 5.80. The number of nitrogens with one attached hydrogen (secondary N) is 2. The van der Waals surface area contributed by atoms with Crippen LogP contribution in [-0.2, 0) is 0 Å². The standard InChI is InChI=1S/C14H13ClF3N5O/c15-8-3-1-7(2-4-8)10-5-11(14(16,17)18)23-12(21-10)9(6-20-23)13(24)22-19/h1-4,6,10-11,21H,5,19H2,(H,22,24). The van der Waals surface area contributed by atoms with E-state index >= 15 is 0 Å². The van der Waals surface area contributed by atoms with Gasteiger partial charge in [-0.2, -0.15) is 18.3 Å². The second-order valence-electron chi connectivity index (χ2n) is 5.37. The van der Waals surface area contributed by atoms with Crippen molar-refractivity contribution < 1.29 is 18.0 Å². The molecule has 0 radical (unpaired) electrons. The Labute approximate surface area is 139 Å². The van der Waals surface area contributed by atoms with Crippen LogP contribution in [0.2, 0.25) is 5.02 Å². The van der Waals surface area contributed by atoms with Crippen LogP contribution in [0.4, 0.5) is 19.0 Å². The molecule has 4 N–H and O–H groups in total. The topological polar surface area (TPSA) is 85.0 Å². The van der Waals surface area contributed by atoms with Crippen molar-refractivity contribution in [1.82, 2.24) is 15.2 Å². The van der Waals surface area contributed by atoms with E-state index in [1.54, 1.807) is 24.3 Å². The number of aromatic nitrogens is 2. The SMILES string of the molecule is NNC(=O)c1cnn2c1NC(c1ccc(Cl)cc1)CC2C(F)(F)F. The fourth-order valence-corrected chi connectivity index (χ4v) is 2.85. The lowest BCUT2D eigenvalue weighted by atomic mass is 9.96. The van der Waals surface area contributed by atoms with Gasteiger partial charge in [0.15, 0.2) is 6.04 Å². The van der Waals surface area contributed by atoms with Gasteiger partial charge in [0.1, 0.15) is 11.4 Å². The Morgan fingerprint density at radius 2 is 2.04 bits per heavy atom. The monoisotopic (exact) mass is 359 g/mol. The van der Waals surface area contributed by atoms with Crippen LogP contribution < -0.4 is 16.6 Å². The lowest BCUT2D eigenvalue weighted by Gasteiger charge is -2.34. The van der Waals surface area contributed by atoms with Gasteiger partial charge < -0.3 is 5.32 Å². The molecule has 3 rings (SSSR count). The van der Waals surface area contributed by atoms with Crippen LogP contribution in [0.25, 0.3) is 0 Å². The lowest BCUT2D eigenvalue weighted by Crippen LogP contribution is -2.37. The summed E-state index contributed by atoms with van der Waals surface area (Å²) in [5.41, 5.74) is 2.48. The zero-order valence-electron chi connectivity index (χ0n) is 12.1.